The zero-order valence-corrected chi connectivity index (χ0v) is 4.62. The summed E-state index contributed by atoms with van der Waals surface area (Å²) in [6, 6.07) is 1.78. The lowest BCUT2D eigenvalue weighted by atomic mass is 10.7. The third-order valence-electron chi connectivity index (χ3n) is 0.478. The van der Waals surface area contributed by atoms with E-state index in [1.54, 1.807) is 18.5 Å². The molecule has 0 saturated heterocycles. The molecule has 1 aromatic heterocycles. The molecule has 1 rings (SSSR count). The predicted octanol–water partition coefficient (Wildman–Crippen LogP) is 0.801. The zero-order chi connectivity index (χ0) is 4.24. The van der Waals surface area contributed by atoms with Gasteiger partial charge in [0.15, 0.2) is 0 Å². The lowest BCUT2D eigenvalue weighted by molar-refractivity contribution is 1.17. The summed E-state index contributed by atoms with van der Waals surface area (Å²) in [5, 5.41) is 0. The topological polar surface area (TPSA) is 95.8 Å². The highest BCUT2D eigenvalue weighted by Crippen LogP contribution is 1.66. The van der Waals surface area contributed by atoms with Gasteiger partial charge in [0.1, 0.15) is 6.33 Å². The van der Waals surface area contributed by atoms with E-state index in [2.05, 4.69) is 9.97 Å². The van der Waals surface area contributed by atoms with Crippen molar-refractivity contribution < 1.29 is 0 Å². The van der Waals surface area contributed by atoms with Crippen LogP contribution in [0.2, 0.25) is 0 Å². The summed E-state index contributed by atoms with van der Waals surface area (Å²) in [5.74, 6) is 0. The van der Waals surface area contributed by atoms with Crippen molar-refractivity contribution in [3.05, 3.63) is 24.8 Å². The molecule has 4 nitrogen and oxygen atoms in total. The number of nitrogens with zero attached hydrogens (tertiary/aromatic N) is 2. The molecule has 0 radical (unpaired) electrons. The normalized spacial score (nSPS) is 6.00. The molecule has 1 heterocycles. The molecular formula is C4H10N4. The molecule has 0 bridgehead atoms. The van der Waals surface area contributed by atoms with Crippen molar-refractivity contribution in [2.45, 2.75) is 0 Å². The summed E-state index contributed by atoms with van der Waals surface area (Å²) in [6.45, 7) is 0. The van der Waals surface area contributed by atoms with Gasteiger partial charge in [0, 0.05) is 12.4 Å². The minimum Gasteiger partial charge on any atom is -0.344 e. The average molecular weight is 114 g/mol. The molecule has 0 amide bonds. The van der Waals surface area contributed by atoms with E-state index in [1.165, 1.54) is 6.33 Å². The molecule has 0 saturated carbocycles. The van der Waals surface area contributed by atoms with Crippen molar-refractivity contribution in [2.24, 2.45) is 0 Å². The summed E-state index contributed by atoms with van der Waals surface area (Å²) in [7, 11) is 0. The van der Waals surface area contributed by atoms with Gasteiger partial charge in [-0.3, -0.25) is 0 Å². The first-order valence-electron chi connectivity index (χ1n) is 1.70. The van der Waals surface area contributed by atoms with Crippen molar-refractivity contribution in [1.29, 1.82) is 0 Å². The summed E-state index contributed by atoms with van der Waals surface area (Å²) in [5.41, 5.74) is 0. The lowest BCUT2D eigenvalue weighted by Gasteiger charge is -1.70. The molecule has 1 aromatic rings. The van der Waals surface area contributed by atoms with Gasteiger partial charge in [-0.05, 0) is 6.07 Å². The maximum absolute atomic E-state index is 3.67. The maximum atomic E-state index is 3.67. The zero-order valence-electron chi connectivity index (χ0n) is 4.62. The van der Waals surface area contributed by atoms with Crippen LogP contribution in [0.1, 0.15) is 0 Å². The van der Waals surface area contributed by atoms with E-state index in [0.717, 1.165) is 0 Å². The van der Waals surface area contributed by atoms with Gasteiger partial charge in [0.05, 0.1) is 0 Å². The largest absolute Gasteiger partial charge is 0.344 e. The van der Waals surface area contributed by atoms with Gasteiger partial charge < -0.3 is 12.3 Å². The number of aromatic nitrogens is 2. The van der Waals surface area contributed by atoms with Crippen molar-refractivity contribution in [1.82, 2.24) is 22.3 Å². The first-order valence-corrected chi connectivity index (χ1v) is 1.70. The van der Waals surface area contributed by atoms with Crippen LogP contribution < -0.4 is 12.3 Å². The molecule has 0 atom stereocenters. The average Bonchev–Trinajstić information content (AvgIpc) is 1.72. The molecule has 0 aromatic carbocycles. The second kappa shape index (κ2) is 6.00. The Balaban J connectivity index is 0. The Morgan fingerprint density at radius 3 is 1.50 bits per heavy atom. The monoisotopic (exact) mass is 114 g/mol. The Morgan fingerprint density at radius 1 is 0.875 bits per heavy atom. The van der Waals surface area contributed by atoms with Gasteiger partial charge in [-0.15, -0.1) is 0 Å². The highest BCUT2D eigenvalue weighted by Gasteiger charge is 1.59. The summed E-state index contributed by atoms with van der Waals surface area (Å²) in [6.07, 6.45) is 4.88. The first-order chi connectivity index (χ1) is 3.00. The van der Waals surface area contributed by atoms with Gasteiger partial charge in [-0.1, -0.05) is 0 Å². The van der Waals surface area contributed by atoms with Crippen LogP contribution in [0.3, 0.4) is 0 Å². The van der Waals surface area contributed by atoms with Crippen LogP contribution in [0, 0.1) is 0 Å². The summed E-state index contributed by atoms with van der Waals surface area (Å²) in [4.78, 5) is 7.35. The van der Waals surface area contributed by atoms with E-state index >= 15 is 0 Å². The molecule has 0 spiro atoms. The molecule has 0 aliphatic rings. The minimum absolute atomic E-state index is 0. The van der Waals surface area contributed by atoms with Gasteiger partial charge >= 0.3 is 0 Å². The van der Waals surface area contributed by atoms with Gasteiger partial charge in [-0.2, -0.15) is 0 Å². The molecule has 46 valence electrons. The fourth-order valence-electron chi connectivity index (χ4n) is 0.253. The first kappa shape index (κ1) is 10.1. The lowest BCUT2D eigenvalue weighted by Crippen LogP contribution is -1.66. The molecule has 0 fully saturated rings. The quantitative estimate of drug-likeness (QED) is 0.521. The molecule has 6 N–H and O–H groups in total. The second-order valence-electron chi connectivity index (χ2n) is 0.904. The fourth-order valence-corrected chi connectivity index (χ4v) is 0.253. The molecule has 4 heteroatoms. The maximum Gasteiger partial charge on any atom is 0.115 e. The van der Waals surface area contributed by atoms with E-state index in [1.807, 2.05) is 0 Å². The van der Waals surface area contributed by atoms with Crippen molar-refractivity contribution >= 4 is 0 Å². The highest BCUT2D eigenvalue weighted by molar-refractivity contribution is 4.74. The van der Waals surface area contributed by atoms with Crippen LogP contribution >= 0.6 is 0 Å². The van der Waals surface area contributed by atoms with Crippen LogP contribution in [0.5, 0.6) is 0 Å². The number of hydrogen-bond donors (Lipinski definition) is 2. The standard InChI is InChI=1S/C4H4N2.2H3N/c1-2-5-4-6-3-1;;/h1-4H;2*1H3. The van der Waals surface area contributed by atoms with Gasteiger partial charge in [-0.25, -0.2) is 9.97 Å². The van der Waals surface area contributed by atoms with Crippen LogP contribution in [-0.4, -0.2) is 9.97 Å². The molecule has 0 aliphatic heterocycles. The van der Waals surface area contributed by atoms with E-state index in [0.29, 0.717) is 0 Å². The second-order valence-corrected chi connectivity index (χ2v) is 0.904. The number of hydrogen-bond acceptors (Lipinski definition) is 4. The smallest absolute Gasteiger partial charge is 0.115 e. The Bertz CT molecular complexity index is 80.0. The summed E-state index contributed by atoms with van der Waals surface area (Å²) < 4.78 is 0. The molecule has 8 heavy (non-hydrogen) atoms. The fraction of sp³-hybridized carbons (Fsp3) is 0. The van der Waals surface area contributed by atoms with E-state index in [-0.39, 0.29) is 12.3 Å². The predicted molar refractivity (Wildman–Crippen MR) is 32.1 cm³/mol. The third kappa shape index (κ3) is 3.20. The van der Waals surface area contributed by atoms with E-state index < -0.39 is 0 Å². The third-order valence-corrected chi connectivity index (χ3v) is 0.478. The Kier molecular flexibility index (Phi) is 7.56. The van der Waals surface area contributed by atoms with Crippen LogP contribution in [0.15, 0.2) is 24.8 Å². The van der Waals surface area contributed by atoms with Gasteiger partial charge in [0.2, 0.25) is 0 Å². The number of rotatable bonds is 0. The Labute approximate surface area is 48.1 Å². The van der Waals surface area contributed by atoms with Crippen molar-refractivity contribution in [2.75, 3.05) is 0 Å². The van der Waals surface area contributed by atoms with Crippen LogP contribution in [0.4, 0.5) is 0 Å². The van der Waals surface area contributed by atoms with Crippen molar-refractivity contribution in [3.63, 3.8) is 0 Å². The Hall–Kier alpha value is -1.00. The highest BCUT2D eigenvalue weighted by atomic mass is 14.8. The van der Waals surface area contributed by atoms with E-state index in [4.69, 9.17) is 0 Å². The SMILES string of the molecule is N.N.c1cncnc1. The van der Waals surface area contributed by atoms with E-state index in [9.17, 15) is 0 Å². The van der Waals surface area contributed by atoms with Crippen LogP contribution in [-0.2, 0) is 0 Å². The van der Waals surface area contributed by atoms with Crippen molar-refractivity contribution in [3.8, 4) is 0 Å². The molecular weight excluding hydrogens is 104 g/mol. The molecule has 0 aliphatic carbocycles. The minimum atomic E-state index is 0. The Morgan fingerprint density at radius 2 is 1.38 bits per heavy atom. The summed E-state index contributed by atoms with van der Waals surface area (Å²) >= 11 is 0. The van der Waals surface area contributed by atoms with Crippen LogP contribution in [0.25, 0.3) is 0 Å². The van der Waals surface area contributed by atoms with Gasteiger partial charge in [0.25, 0.3) is 0 Å². The molecule has 0 unspecified atom stereocenters.